The molecule has 2 fully saturated rings. The van der Waals surface area contributed by atoms with Crippen molar-refractivity contribution in [3.05, 3.63) is 71.5 Å². The highest BCUT2D eigenvalue weighted by Gasteiger charge is 2.30. The number of likely N-dealkylation sites (tertiary alicyclic amines) is 1. The first-order chi connectivity index (χ1) is 15.4. The molecule has 3 heterocycles. The van der Waals surface area contributed by atoms with Crippen molar-refractivity contribution in [2.45, 2.75) is 58.4 Å². The minimum atomic E-state index is -0.146. The number of ether oxygens (including phenoxy) is 1. The van der Waals surface area contributed by atoms with E-state index in [1.165, 1.54) is 12.8 Å². The third kappa shape index (κ3) is 5.23. The number of rotatable bonds is 8. The lowest BCUT2D eigenvalue weighted by Crippen LogP contribution is -2.47. The fourth-order valence-corrected chi connectivity index (χ4v) is 4.21. The predicted octanol–water partition coefficient (Wildman–Crippen LogP) is 4.30. The number of amides is 1. The van der Waals surface area contributed by atoms with Crippen LogP contribution in [0.5, 0.6) is 0 Å². The summed E-state index contributed by atoms with van der Waals surface area (Å²) in [7, 11) is 0. The minimum Gasteiger partial charge on any atom is -0.491 e. The van der Waals surface area contributed by atoms with Crippen LogP contribution in [0, 0.1) is 12.8 Å². The number of allylic oxidation sites excluding steroid dienone is 3. The van der Waals surface area contributed by atoms with Gasteiger partial charge in [-0.3, -0.25) is 4.79 Å². The highest BCUT2D eigenvalue weighted by Crippen LogP contribution is 2.30. The molecule has 1 aliphatic carbocycles. The minimum absolute atomic E-state index is 0.0785. The van der Waals surface area contributed by atoms with Crippen molar-refractivity contribution in [2.24, 2.45) is 11.7 Å². The molecule has 1 atom stereocenters. The molecule has 2 N–H and O–H groups in total. The molecular weight excluding hydrogens is 400 g/mol. The molecule has 0 unspecified atom stereocenters. The average molecular weight is 435 g/mol. The molecule has 2 aliphatic rings. The summed E-state index contributed by atoms with van der Waals surface area (Å²) in [6.07, 6.45) is 13.8. The summed E-state index contributed by atoms with van der Waals surface area (Å²) in [5, 5.41) is 0. The smallest absolute Gasteiger partial charge is 0.273 e. The number of piperidine rings is 1. The van der Waals surface area contributed by atoms with Crippen LogP contribution in [0.1, 0.15) is 50.3 Å². The Morgan fingerprint density at radius 2 is 2.12 bits per heavy atom. The molecule has 0 radical (unpaired) electrons. The van der Waals surface area contributed by atoms with Crippen molar-refractivity contribution in [2.75, 3.05) is 13.2 Å². The van der Waals surface area contributed by atoms with E-state index < -0.39 is 0 Å². The number of hydrogen-bond acceptors (Lipinski definition) is 4. The van der Waals surface area contributed by atoms with Crippen molar-refractivity contribution < 1.29 is 9.53 Å². The van der Waals surface area contributed by atoms with Crippen LogP contribution in [0.25, 0.3) is 5.65 Å². The number of carbonyl (C=O) groups excluding carboxylic acids is 1. The van der Waals surface area contributed by atoms with Gasteiger partial charge < -0.3 is 19.8 Å². The van der Waals surface area contributed by atoms with Crippen molar-refractivity contribution >= 4 is 11.6 Å². The maximum Gasteiger partial charge on any atom is 0.273 e. The largest absolute Gasteiger partial charge is 0.491 e. The summed E-state index contributed by atoms with van der Waals surface area (Å²) in [4.78, 5) is 20.2. The second-order valence-electron chi connectivity index (χ2n) is 9.22. The molecule has 32 heavy (non-hydrogen) atoms. The average Bonchev–Trinajstić information content (AvgIpc) is 3.51. The van der Waals surface area contributed by atoms with Crippen LogP contribution in [0.4, 0.5) is 0 Å². The van der Waals surface area contributed by atoms with Gasteiger partial charge in [0.25, 0.3) is 5.91 Å². The fraction of sp³-hybridized carbons (Fsp3) is 0.462. The van der Waals surface area contributed by atoms with E-state index in [0.717, 1.165) is 48.2 Å². The number of nitrogens with two attached hydrogens (primary N) is 1. The number of carbonyl (C=O) groups is 1. The second kappa shape index (κ2) is 9.63. The molecule has 0 spiro atoms. The molecule has 2 aromatic heterocycles. The Bertz CT molecular complexity index is 1060. The maximum atomic E-state index is 13.5. The van der Waals surface area contributed by atoms with E-state index in [4.69, 9.17) is 15.5 Å². The van der Waals surface area contributed by atoms with E-state index in [9.17, 15) is 4.79 Å². The topological polar surface area (TPSA) is 72.9 Å². The van der Waals surface area contributed by atoms with Gasteiger partial charge in [0.1, 0.15) is 17.1 Å². The molecule has 6 heteroatoms. The summed E-state index contributed by atoms with van der Waals surface area (Å²) in [5.74, 6) is 0.886. The normalized spacial score (nSPS) is 19.9. The third-order valence-electron chi connectivity index (χ3n) is 6.25. The van der Waals surface area contributed by atoms with Crippen LogP contribution < -0.4 is 5.73 Å². The van der Waals surface area contributed by atoms with Crippen molar-refractivity contribution in [1.29, 1.82) is 0 Å². The van der Waals surface area contributed by atoms with E-state index in [0.29, 0.717) is 24.8 Å². The highest BCUT2D eigenvalue weighted by atomic mass is 16.5. The van der Waals surface area contributed by atoms with Gasteiger partial charge in [0, 0.05) is 31.4 Å². The monoisotopic (exact) mass is 434 g/mol. The Morgan fingerprint density at radius 1 is 1.31 bits per heavy atom. The first kappa shape index (κ1) is 22.2. The quantitative estimate of drug-likeness (QED) is 0.382. The zero-order chi connectivity index (χ0) is 22.7. The third-order valence-corrected chi connectivity index (χ3v) is 6.25. The molecule has 6 nitrogen and oxygen atoms in total. The van der Waals surface area contributed by atoms with Gasteiger partial charge in [-0.2, -0.15) is 0 Å². The van der Waals surface area contributed by atoms with Gasteiger partial charge in [-0.05, 0) is 69.6 Å². The molecule has 0 bridgehead atoms. The number of pyridine rings is 1. The van der Waals surface area contributed by atoms with Gasteiger partial charge >= 0.3 is 0 Å². The maximum absolute atomic E-state index is 13.5. The van der Waals surface area contributed by atoms with Crippen LogP contribution in [0.3, 0.4) is 0 Å². The Hall–Kier alpha value is -3.02. The van der Waals surface area contributed by atoms with E-state index >= 15 is 0 Å². The van der Waals surface area contributed by atoms with Crippen molar-refractivity contribution in [3.63, 3.8) is 0 Å². The molecule has 1 saturated carbocycles. The fourth-order valence-electron chi connectivity index (χ4n) is 4.21. The molecule has 1 amide bonds. The number of aryl methyl sites for hydroxylation is 1. The number of aromatic nitrogens is 2. The van der Waals surface area contributed by atoms with Gasteiger partial charge in [-0.15, -0.1) is 0 Å². The number of hydrogen-bond donors (Lipinski definition) is 1. The van der Waals surface area contributed by atoms with Gasteiger partial charge in [0.2, 0.25) is 0 Å². The number of imidazole rings is 1. The van der Waals surface area contributed by atoms with E-state index in [1.54, 1.807) is 6.08 Å². The molecular formula is C26H34N4O2. The van der Waals surface area contributed by atoms with Crippen LogP contribution in [-0.2, 0) is 16.0 Å². The van der Waals surface area contributed by atoms with E-state index in [1.807, 2.05) is 30.2 Å². The molecule has 2 aromatic rings. The van der Waals surface area contributed by atoms with Crippen molar-refractivity contribution in [3.8, 4) is 0 Å². The Labute approximate surface area is 190 Å². The zero-order valence-corrected chi connectivity index (χ0v) is 19.2. The van der Waals surface area contributed by atoms with E-state index in [2.05, 4.69) is 30.2 Å². The van der Waals surface area contributed by atoms with Crippen LogP contribution in [0.2, 0.25) is 0 Å². The summed E-state index contributed by atoms with van der Waals surface area (Å²) in [5.41, 5.74) is 10.6. The molecule has 170 valence electrons. The molecule has 4 rings (SSSR count). The zero-order valence-electron chi connectivity index (χ0n) is 19.2. The van der Waals surface area contributed by atoms with Crippen LogP contribution >= 0.6 is 0 Å². The predicted molar refractivity (Wildman–Crippen MR) is 127 cm³/mol. The summed E-state index contributed by atoms with van der Waals surface area (Å²) < 4.78 is 8.02. The lowest BCUT2D eigenvalue weighted by atomic mass is 9.97. The summed E-state index contributed by atoms with van der Waals surface area (Å²) in [6, 6.07) is 4.17. The Morgan fingerprint density at radius 3 is 2.84 bits per heavy atom. The highest BCUT2D eigenvalue weighted by molar-refractivity contribution is 5.93. The summed E-state index contributed by atoms with van der Waals surface area (Å²) in [6.45, 7) is 9.18. The SMILES string of the molecule is C=C(C)/C=C\C(OCC1CC1)=C(/N)C(=O)N1CCCC[C@H]1Cc1cn2cccc(C)c2n1. The van der Waals surface area contributed by atoms with Gasteiger partial charge in [0.15, 0.2) is 0 Å². The lowest BCUT2D eigenvalue weighted by Gasteiger charge is -2.35. The lowest BCUT2D eigenvalue weighted by molar-refractivity contribution is -0.131. The van der Waals surface area contributed by atoms with Crippen LogP contribution in [-0.4, -0.2) is 39.4 Å². The second-order valence-corrected chi connectivity index (χ2v) is 9.22. The molecule has 0 aromatic carbocycles. The first-order valence-electron chi connectivity index (χ1n) is 11.6. The van der Waals surface area contributed by atoms with Crippen molar-refractivity contribution in [1.82, 2.24) is 14.3 Å². The first-order valence-corrected chi connectivity index (χ1v) is 11.6. The Kier molecular flexibility index (Phi) is 6.68. The van der Waals surface area contributed by atoms with Gasteiger partial charge in [0.05, 0.1) is 12.3 Å². The molecule has 1 saturated heterocycles. The number of fused-ring (bicyclic) bond motifs is 1. The van der Waals surface area contributed by atoms with Gasteiger partial charge in [-0.25, -0.2) is 4.98 Å². The summed E-state index contributed by atoms with van der Waals surface area (Å²) >= 11 is 0. The van der Waals surface area contributed by atoms with Crippen LogP contribution in [0.15, 0.2) is 60.3 Å². The number of nitrogens with zero attached hydrogens (tertiary/aromatic N) is 3. The van der Waals surface area contributed by atoms with Gasteiger partial charge in [-0.1, -0.05) is 24.3 Å². The van der Waals surface area contributed by atoms with E-state index in [-0.39, 0.29) is 17.6 Å². The standard InChI is InChI=1S/C26H34N4O2/c1-18(2)9-12-23(32-17-20-10-11-20)24(27)26(31)30-14-5-4-8-22(30)15-21-16-29-13-6-7-19(3)25(29)28-21/h6-7,9,12-13,16,20,22H,1,4-5,8,10-11,14-15,17,27H2,2-3H3/b12-9-,24-23+/t22-/m0/s1. The Balaban J connectivity index is 1.54. The molecule has 1 aliphatic heterocycles.